The lowest BCUT2D eigenvalue weighted by Crippen LogP contribution is -2.58. The first kappa shape index (κ1) is 14.2. The van der Waals surface area contributed by atoms with Crippen LogP contribution in [0.3, 0.4) is 0 Å². The quantitative estimate of drug-likeness (QED) is 0.777. The summed E-state index contributed by atoms with van der Waals surface area (Å²) < 4.78 is 0. The van der Waals surface area contributed by atoms with Crippen LogP contribution in [-0.4, -0.2) is 40.9 Å². The Bertz CT molecular complexity index is 531. The van der Waals surface area contributed by atoms with Crippen molar-refractivity contribution in [3.8, 4) is 0 Å². The number of hydrogen-bond acceptors (Lipinski definition) is 6. The van der Waals surface area contributed by atoms with Crippen LogP contribution in [0.15, 0.2) is 6.33 Å². The first-order valence-electron chi connectivity index (χ1n) is 6.74. The van der Waals surface area contributed by atoms with Crippen molar-refractivity contribution in [1.82, 2.24) is 15.3 Å². The Kier molecular flexibility index (Phi) is 4.16. The zero-order chi connectivity index (χ0) is 14.7. The topological polar surface area (TPSA) is 87.2 Å². The van der Waals surface area contributed by atoms with E-state index in [2.05, 4.69) is 20.6 Å². The molecule has 2 N–H and O–H groups in total. The molecule has 1 aromatic heterocycles. The molecule has 2 rings (SSSR count). The van der Waals surface area contributed by atoms with Crippen LogP contribution in [0.25, 0.3) is 0 Å². The Morgan fingerprint density at radius 3 is 2.80 bits per heavy atom. The maximum Gasteiger partial charge on any atom is 0.249 e. The van der Waals surface area contributed by atoms with Gasteiger partial charge in [0.2, 0.25) is 11.8 Å². The second-order valence-corrected chi connectivity index (χ2v) is 4.67. The van der Waals surface area contributed by atoms with Crippen LogP contribution >= 0.6 is 0 Å². The fourth-order valence-electron chi connectivity index (χ4n) is 2.37. The van der Waals surface area contributed by atoms with Crippen molar-refractivity contribution in [2.24, 2.45) is 0 Å². The van der Waals surface area contributed by atoms with Gasteiger partial charge in [0.05, 0.1) is 6.54 Å². The van der Waals surface area contributed by atoms with Gasteiger partial charge >= 0.3 is 0 Å². The summed E-state index contributed by atoms with van der Waals surface area (Å²) >= 11 is 0. The number of nitrogens with zero attached hydrogens (tertiary/aromatic N) is 3. The number of hydrogen-bond donors (Lipinski definition) is 2. The van der Waals surface area contributed by atoms with Crippen LogP contribution in [0.4, 0.5) is 11.6 Å². The van der Waals surface area contributed by atoms with Crippen LogP contribution in [0.1, 0.15) is 25.8 Å². The van der Waals surface area contributed by atoms with E-state index in [0.717, 1.165) is 17.9 Å². The lowest BCUT2D eigenvalue weighted by Gasteiger charge is -2.35. The van der Waals surface area contributed by atoms with Crippen LogP contribution in [-0.2, 0) is 9.59 Å². The average Bonchev–Trinajstić information content (AvgIpc) is 2.40. The zero-order valence-corrected chi connectivity index (χ0v) is 11.9. The SMILES string of the molecule is CCNc1ncnc(N2CC(=O)NC(=O)C2CC)c1C. The predicted molar refractivity (Wildman–Crippen MR) is 75.5 cm³/mol. The van der Waals surface area contributed by atoms with Crippen LogP contribution in [0.2, 0.25) is 0 Å². The number of aromatic nitrogens is 2. The summed E-state index contributed by atoms with van der Waals surface area (Å²) in [5.74, 6) is 0.784. The van der Waals surface area contributed by atoms with E-state index in [0.29, 0.717) is 12.2 Å². The van der Waals surface area contributed by atoms with Gasteiger partial charge in [-0.05, 0) is 20.3 Å². The van der Waals surface area contributed by atoms with Gasteiger partial charge in [-0.3, -0.25) is 14.9 Å². The third-order valence-corrected chi connectivity index (χ3v) is 3.32. The Labute approximate surface area is 117 Å². The molecule has 7 nitrogen and oxygen atoms in total. The van der Waals surface area contributed by atoms with Gasteiger partial charge in [0.15, 0.2) is 0 Å². The largest absolute Gasteiger partial charge is 0.370 e. The summed E-state index contributed by atoms with van der Waals surface area (Å²) in [4.78, 5) is 33.7. The Hall–Kier alpha value is -2.18. The fourth-order valence-corrected chi connectivity index (χ4v) is 2.37. The van der Waals surface area contributed by atoms with Crippen molar-refractivity contribution in [1.29, 1.82) is 0 Å². The van der Waals surface area contributed by atoms with E-state index in [1.165, 1.54) is 6.33 Å². The Balaban J connectivity index is 2.40. The second kappa shape index (κ2) is 5.85. The molecule has 0 spiro atoms. The number of amides is 2. The van der Waals surface area contributed by atoms with Crippen LogP contribution in [0.5, 0.6) is 0 Å². The fraction of sp³-hybridized carbons (Fsp3) is 0.538. The highest BCUT2D eigenvalue weighted by Gasteiger charge is 2.34. The minimum atomic E-state index is -0.379. The molecule has 0 radical (unpaired) electrons. The highest BCUT2D eigenvalue weighted by Crippen LogP contribution is 2.25. The van der Waals surface area contributed by atoms with Gasteiger partial charge in [-0.15, -0.1) is 0 Å². The van der Waals surface area contributed by atoms with Gasteiger partial charge in [0, 0.05) is 12.1 Å². The van der Waals surface area contributed by atoms with E-state index < -0.39 is 0 Å². The molecule has 1 saturated heterocycles. The molecule has 1 fully saturated rings. The minimum Gasteiger partial charge on any atom is -0.370 e. The number of rotatable bonds is 4. The second-order valence-electron chi connectivity index (χ2n) is 4.67. The van der Waals surface area contributed by atoms with Crippen LogP contribution < -0.4 is 15.5 Å². The predicted octanol–water partition coefficient (Wildman–Crippen LogP) is 0.458. The van der Waals surface area contributed by atoms with Crippen molar-refractivity contribution in [2.45, 2.75) is 33.2 Å². The standard InChI is InChI=1S/C13H19N5O2/c1-4-9-13(20)17-10(19)6-18(9)12-8(3)11(14-5-2)15-7-16-12/h7,9H,4-6H2,1-3H3,(H,14,15,16)(H,17,19,20). The van der Waals surface area contributed by atoms with Gasteiger partial charge in [-0.2, -0.15) is 0 Å². The minimum absolute atomic E-state index is 0.133. The smallest absolute Gasteiger partial charge is 0.249 e. The van der Waals surface area contributed by atoms with Gasteiger partial charge < -0.3 is 10.2 Å². The molecular formula is C13H19N5O2. The molecule has 1 aliphatic rings. The summed E-state index contributed by atoms with van der Waals surface area (Å²) in [6.45, 7) is 6.65. The van der Waals surface area contributed by atoms with Gasteiger partial charge in [0.1, 0.15) is 24.0 Å². The van der Waals surface area contributed by atoms with E-state index in [4.69, 9.17) is 0 Å². The Morgan fingerprint density at radius 1 is 1.40 bits per heavy atom. The molecule has 1 atom stereocenters. The summed E-state index contributed by atoms with van der Waals surface area (Å²) in [6.07, 6.45) is 2.06. The zero-order valence-electron chi connectivity index (χ0n) is 11.9. The van der Waals surface area contributed by atoms with Crippen molar-refractivity contribution >= 4 is 23.5 Å². The molecular weight excluding hydrogens is 258 g/mol. The molecule has 2 amide bonds. The molecule has 1 aromatic rings. The molecule has 0 aromatic carbocycles. The van der Waals surface area contributed by atoms with Crippen LogP contribution in [0, 0.1) is 6.92 Å². The van der Waals surface area contributed by atoms with E-state index >= 15 is 0 Å². The lowest BCUT2D eigenvalue weighted by atomic mass is 10.1. The van der Waals surface area contributed by atoms with Gasteiger partial charge in [0.25, 0.3) is 0 Å². The van der Waals surface area contributed by atoms with Gasteiger partial charge in [-0.25, -0.2) is 9.97 Å². The highest BCUT2D eigenvalue weighted by atomic mass is 16.2. The summed E-state index contributed by atoms with van der Waals surface area (Å²) in [6, 6.07) is -0.379. The first-order valence-corrected chi connectivity index (χ1v) is 6.74. The van der Waals surface area contributed by atoms with E-state index in [1.54, 1.807) is 4.90 Å². The molecule has 0 bridgehead atoms. The maximum atomic E-state index is 11.9. The monoisotopic (exact) mass is 277 g/mol. The van der Waals surface area contributed by atoms with Crippen molar-refractivity contribution in [3.63, 3.8) is 0 Å². The number of carbonyl (C=O) groups is 2. The number of anilines is 2. The Morgan fingerprint density at radius 2 is 2.15 bits per heavy atom. The van der Waals surface area contributed by atoms with Gasteiger partial charge in [-0.1, -0.05) is 6.92 Å². The third-order valence-electron chi connectivity index (χ3n) is 3.32. The number of imide groups is 1. The van der Waals surface area contributed by atoms with E-state index in [-0.39, 0.29) is 24.4 Å². The molecule has 2 heterocycles. The third kappa shape index (κ3) is 2.56. The lowest BCUT2D eigenvalue weighted by molar-refractivity contribution is -0.132. The van der Waals surface area contributed by atoms with Crippen molar-refractivity contribution in [2.75, 3.05) is 23.3 Å². The molecule has 20 heavy (non-hydrogen) atoms. The van der Waals surface area contributed by atoms with E-state index in [1.807, 2.05) is 20.8 Å². The molecule has 108 valence electrons. The van der Waals surface area contributed by atoms with Crippen molar-refractivity contribution in [3.05, 3.63) is 11.9 Å². The number of carbonyl (C=O) groups excluding carboxylic acids is 2. The average molecular weight is 277 g/mol. The maximum absolute atomic E-state index is 11.9. The summed E-state index contributed by atoms with van der Waals surface area (Å²) in [7, 11) is 0. The molecule has 1 unspecified atom stereocenters. The first-order chi connectivity index (χ1) is 9.58. The molecule has 0 saturated carbocycles. The van der Waals surface area contributed by atoms with Crippen molar-refractivity contribution < 1.29 is 9.59 Å². The number of nitrogens with one attached hydrogen (secondary N) is 2. The summed E-state index contributed by atoms with van der Waals surface area (Å²) in [5.41, 5.74) is 0.843. The van der Waals surface area contributed by atoms with E-state index in [9.17, 15) is 9.59 Å². The molecule has 0 aliphatic carbocycles. The molecule has 7 heteroatoms. The normalized spacial score (nSPS) is 18.9. The summed E-state index contributed by atoms with van der Waals surface area (Å²) in [5, 5.41) is 5.51. The highest BCUT2D eigenvalue weighted by molar-refractivity contribution is 6.04. The number of piperazine rings is 1. The molecule has 1 aliphatic heterocycles.